The molecule has 2 aliphatic rings. The molecular weight excluding hydrogens is 447 g/mol. The zero-order valence-electron chi connectivity index (χ0n) is 16.5. The van der Waals surface area contributed by atoms with Crippen molar-refractivity contribution in [1.82, 2.24) is 15.5 Å². The highest BCUT2D eigenvalue weighted by molar-refractivity contribution is 14.0. The topological polar surface area (TPSA) is 75.2 Å². The van der Waals surface area contributed by atoms with Crippen LogP contribution in [0.2, 0.25) is 0 Å². The van der Waals surface area contributed by atoms with E-state index in [4.69, 9.17) is 14.5 Å². The van der Waals surface area contributed by atoms with Gasteiger partial charge in [-0.25, -0.2) is 4.79 Å². The second-order valence-corrected chi connectivity index (χ2v) is 7.74. The largest absolute Gasteiger partial charge is 0.444 e. The molecule has 2 heterocycles. The number of nitrogens with zero attached hydrogens (tertiary/aromatic N) is 2. The van der Waals surface area contributed by atoms with Crippen LogP contribution in [0.15, 0.2) is 4.99 Å². The number of likely N-dealkylation sites (tertiary alicyclic amines) is 1. The molecule has 2 unspecified atom stereocenters. The first-order chi connectivity index (χ1) is 11.9. The van der Waals surface area contributed by atoms with Crippen molar-refractivity contribution in [3.05, 3.63) is 0 Å². The van der Waals surface area contributed by atoms with Gasteiger partial charge in [-0.2, -0.15) is 0 Å². The summed E-state index contributed by atoms with van der Waals surface area (Å²) in [6.07, 6.45) is 4.21. The van der Waals surface area contributed by atoms with Crippen LogP contribution in [0.5, 0.6) is 0 Å². The van der Waals surface area contributed by atoms with Gasteiger partial charge >= 0.3 is 6.09 Å². The van der Waals surface area contributed by atoms with Crippen molar-refractivity contribution in [2.75, 3.05) is 32.8 Å². The molecule has 0 bridgehead atoms. The van der Waals surface area contributed by atoms with E-state index in [1.807, 2.05) is 20.8 Å². The molecule has 0 aromatic carbocycles. The number of hydrogen-bond acceptors (Lipinski definition) is 4. The van der Waals surface area contributed by atoms with E-state index in [0.29, 0.717) is 6.10 Å². The zero-order chi connectivity index (χ0) is 18.3. The van der Waals surface area contributed by atoms with Crippen molar-refractivity contribution >= 4 is 36.0 Å². The predicted molar refractivity (Wildman–Crippen MR) is 114 cm³/mol. The van der Waals surface area contributed by atoms with Crippen LogP contribution in [0.25, 0.3) is 0 Å². The molecule has 26 heavy (non-hydrogen) atoms. The first-order valence-corrected chi connectivity index (χ1v) is 9.51. The first-order valence-electron chi connectivity index (χ1n) is 9.51. The van der Waals surface area contributed by atoms with E-state index < -0.39 is 5.60 Å². The summed E-state index contributed by atoms with van der Waals surface area (Å²) in [7, 11) is 0. The number of aliphatic imine (C=N–C) groups is 1. The number of nitrogens with one attached hydrogen (secondary N) is 2. The average Bonchev–Trinajstić information content (AvgIpc) is 3.16. The minimum Gasteiger partial charge on any atom is -0.444 e. The molecule has 0 saturated carbocycles. The summed E-state index contributed by atoms with van der Waals surface area (Å²) in [4.78, 5) is 18.9. The maximum atomic E-state index is 11.9. The fourth-order valence-electron chi connectivity index (χ4n) is 3.16. The van der Waals surface area contributed by atoms with E-state index in [-0.39, 0.29) is 36.1 Å². The van der Waals surface area contributed by atoms with Gasteiger partial charge in [0.2, 0.25) is 0 Å². The normalized spacial score (nSPS) is 23.5. The van der Waals surface area contributed by atoms with Crippen molar-refractivity contribution in [3.8, 4) is 0 Å². The lowest BCUT2D eigenvalue weighted by Gasteiger charge is -2.23. The Bertz CT molecular complexity index is 462. The SMILES string of the molecule is CCNC(=NCCC1CCCO1)N1CCC(NC(=O)OC(C)(C)C)C1.I. The molecule has 152 valence electrons. The van der Waals surface area contributed by atoms with Crippen LogP contribution in [0.1, 0.15) is 53.4 Å². The minimum atomic E-state index is -0.471. The van der Waals surface area contributed by atoms with Crippen LogP contribution >= 0.6 is 24.0 Å². The second kappa shape index (κ2) is 11.2. The van der Waals surface area contributed by atoms with Crippen LogP contribution in [0.4, 0.5) is 4.79 Å². The lowest BCUT2D eigenvalue weighted by molar-refractivity contribution is 0.0507. The molecular formula is C18H35IN4O3. The molecule has 2 aliphatic heterocycles. The Morgan fingerprint density at radius 1 is 1.35 bits per heavy atom. The maximum Gasteiger partial charge on any atom is 0.407 e. The van der Waals surface area contributed by atoms with Crippen molar-refractivity contribution in [1.29, 1.82) is 0 Å². The molecule has 0 aliphatic carbocycles. The molecule has 0 aromatic heterocycles. The van der Waals surface area contributed by atoms with E-state index in [1.54, 1.807) is 0 Å². The maximum absolute atomic E-state index is 11.9. The minimum absolute atomic E-state index is 0. The lowest BCUT2D eigenvalue weighted by atomic mass is 10.2. The molecule has 0 radical (unpaired) electrons. The highest BCUT2D eigenvalue weighted by Crippen LogP contribution is 2.16. The smallest absolute Gasteiger partial charge is 0.407 e. The van der Waals surface area contributed by atoms with Gasteiger partial charge in [0, 0.05) is 32.8 Å². The summed E-state index contributed by atoms with van der Waals surface area (Å²) < 4.78 is 11.0. The highest BCUT2D eigenvalue weighted by Gasteiger charge is 2.28. The van der Waals surface area contributed by atoms with Crippen LogP contribution in [0.3, 0.4) is 0 Å². The zero-order valence-corrected chi connectivity index (χ0v) is 18.9. The van der Waals surface area contributed by atoms with Gasteiger partial charge in [0.1, 0.15) is 5.60 Å². The lowest BCUT2D eigenvalue weighted by Crippen LogP contribution is -2.44. The average molecular weight is 482 g/mol. The molecule has 2 rings (SSSR count). The number of guanidine groups is 1. The Kier molecular flexibility index (Phi) is 9.99. The number of carbonyl (C=O) groups excluding carboxylic acids is 1. The van der Waals surface area contributed by atoms with E-state index in [1.165, 1.54) is 6.42 Å². The quantitative estimate of drug-likeness (QED) is 0.358. The Morgan fingerprint density at radius 3 is 2.73 bits per heavy atom. The summed E-state index contributed by atoms with van der Waals surface area (Å²) in [6, 6.07) is 0.0943. The third kappa shape index (κ3) is 8.28. The standard InChI is InChI=1S/C18H34N4O3.HI/c1-5-19-16(20-10-8-15-7-6-12-24-15)22-11-9-14(13-22)21-17(23)25-18(2,3)4;/h14-15H,5-13H2,1-4H3,(H,19,20)(H,21,23);1H. The fraction of sp³-hybridized carbons (Fsp3) is 0.889. The molecule has 0 spiro atoms. The third-order valence-corrected chi connectivity index (χ3v) is 4.28. The van der Waals surface area contributed by atoms with Crippen molar-refractivity contribution in [3.63, 3.8) is 0 Å². The van der Waals surface area contributed by atoms with Crippen molar-refractivity contribution in [2.24, 2.45) is 4.99 Å². The molecule has 1 amide bonds. The van der Waals surface area contributed by atoms with E-state index >= 15 is 0 Å². The molecule has 8 heteroatoms. The van der Waals surface area contributed by atoms with Gasteiger partial charge in [0.25, 0.3) is 0 Å². The summed E-state index contributed by atoms with van der Waals surface area (Å²) in [5.41, 5.74) is -0.471. The number of rotatable bonds is 5. The Hall–Kier alpha value is -0.770. The Labute approximate surface area is 174 Å². The van der Waals surface area contributed by atoms with Crippen LogP contribution in [-0.2, 0) is 9.47 Å². The van der Waals surface area contributed by atoms with E-state index in [0.717, 1.165) is 58.0 Å². The molecule has 2 saturated heterocycles. The predicted octanol–water partition coefficient (Wildman–Crippen LogP) is 2.74. The highest BCUT2D eigenvalue weighted by atomic mass is 127. The fourth-order valence-corrected chi connectivity index (χ4v) is 3.16. The number of hydrogen-bond donors (Lipinski definition) is 2. The summed E-state index contributed by atoms with van der Waals surface area (Å²) >= 11 is 0. The van der Waals surface area contributed by atoms with Gasteiger partial charge in [0.15, 0.2) is 5.96 Å². The van der Waals surface area contributed by atoms with Gasteiger partial charge in [-0.3, -0.25) is 4.99 Å². The second-order valence-electron chi connectivity index (χ2n) is 7.74. The molecule has 2 N–H and O–H groups in total. The van der Waals surface area contributed by atoms with E-state index in [9.17, 15) is 4.79 Å². The number of alkyl carbamates (subject to hydrolysis) is 1. The van der Waals surface area contributed by atoms with Gasteiger partial charge in [-0.05, 0) is 53.4 Å². The monoisotopic (exact) mass is 482 g/mol. The molecule has 2 atom stereocenters. The summed E-state index contributed by atoms with van der Waals surface area (Å²) in [5, 5.41) is 6.31. The third-order valence-electron chi connectivity index (χ3n) is 4.28. The number of ether oxygens (including phenoxy) is 2. The van der Waals surface area contributed by atoms with Crippen LogP contribution in [-0.4, -0.2) is 67.5 Å². The van der Waals surface area contributed by atoms with E-state index in [2.05, 4.69) is 22.5 Å². The Morgan fingerprint density at radius 2 is 2.12 bits per heavy atom. The van der Waals surface area contributed by atoms with Crippen molar-refractivity contribution < 1.29 is 14.3 Å². The first kappa shape index (κ1) is 23.3. The number of halogens is 1. The van der Waals surface area contributed by atoms with Crippen LogP contribution < -0.4 is 10.6 Å². The van der Waals surface area contributed by atoms with Crippen molar-refractivity contribution in [2.45, 2.75) is 71.1 Å². The molecule has 2 fully saturated rings. The van der Waals surface area contributed by atoms with Gasteiger partial charge in [-0.15, -0.1) is 24.0 Å². The Balaban J connectivity index is 0.00000338. The summed E-state index contributed by atoms with van der Waals surface area (Å²) in [5.74, 6) is 0.925. The number of amides is 1. The number of carbonyl (C=O) groups is 1. The van der Waals surface area contributed by atoms with Gasteiger partial charge < -0.3 is 25.0 Å². The molecule has 7 nitrogen and oxygen atoms in total. The van der Waals surface area contributed by atoms with Gasteiger partial charge in [-0.1, -0.05) is 0 Å². The van der Waals surface area contributed by atoms with Crippen LogP contribution in [0, 0.1) is 0 Å². The molecule has 0 aromatic rings. The summed E-state index contributed by atoms with van der Waals surface area (Å²) in [6.45, 7) is 11.8. The van der Waals surface area contributed by atoms with Gasteiger partial charge in [0.05, 0.1) is 12.1 Å².